The Morgan fingerprint density at radius 1 is 1.25 bits per heavy atom. The third kappa shape index (κ3) is 5.34. The van der Waals surface area contributed by atoms with Gasteiger partial charge in [-0.15, -0.1) is 11.3 Å². The molecular weight excluding hydrogens is 536 g/mol. The minimum Gasteiger partial charge on any atom is -0.496 e. The predicted molar refractivity (Wildman–Crippen MR) is 152 cm³/mol. The highest BCUT2D eigenvalue weighted by Crippen LogP contribution is 2.37. The van der Waals surface area contributed by atoms with E-state index in [9.17, 15) is 19.5 Å². The molecule has 1 amide bonds. The highest BCUT2D eigenvalue weighted by molar-refractivity contribution is 7.22. The number of hydrogen-bond donors (Lipinski definition) is 2. The van der Waals surface area contributed by atoms with Crippen molar-refractivity contribution in [3.63, 3.8) is 0 Å². The van der Waals surface area contributed by atoms with E-state index in [4.69, 9.17) is 13.9 Å². The second kappa shape index (κ2) is 11.8. The molecule has 11 nitrogen and oxygen atoms in total. The van der Waals surface area contributed by atoms with Crippen molar-refractivity contribution in [2.24, 2.45) is 0 Å². The zero-order chi connectivity index (χ0) is 29.2. The molecule has 3 aromatic heterocycles. The van der Waals surface area contributed by atoms with Gasteiger partial charge in [0.1, 0.15) is 28.5 Å². The molecule has 0 radical (unpaired) electrons. The maximum absolute atomic E-state index is 14.2. The van der Waals surface area contributed by atoms with Crippen molar-refractivity contribution >= 4 is 27.5 Å². The number of aliphatic hydroxyl groups excluding tert-OH is 1. The van der Waals surface area contributed by atoms with Crippen LogP contribution in [0.1, 0.15) is 44.9 Å². The van der Waals surface area contributed by atoms with Crippen LogP contribution in [0.4, 0.5) is 0 Å². The van der Waals surface area contributed by atoms with Crippen LogP contribution in [0.5, 0.6) is 5.75 Å². The van der Waals surface area contributed by atoms with Crippen molar-refractivity contribution in [1.82, 2.24) is 19.4 Å². The smallest absolute Gasteiger partial charge is 0.333 e. The van der Waals surface area contributed by atoms with Crippen molar-refractivity contribution in [3.05, 3.63) is 68.7 Å². The van der Waals surface area contributed by atoms with E-state index < -0.39 is 28.8 Å². The van der Waals surface area contributed by atoms with Gasteiger partial charge in [-0.2, -0.15) is 0 Å². The Bertz CT molecular complexity index is 1620. The van der Waals surface area contributed by atoms with E-state index in [-0.39, 0.29) is 31.2 Å². The fourth-order valence-electron chi connectivity index (χ4n) is 4.67. The molecule has 12 heteroatoms. The molecule has 0 saturated carbocycles. The summed E-state index contributed by atoms with van der Waals surface area (Å²) in [5, 5.41) is 12.1. The summed E-state index contributed by atoms with van der Waals surface area (Å²) in [5.41, 5.74) is -1.53. The zero-order valence-corrected chi connectivity index (χ0v) is 24.2. The van der Waals surface area contributed by atoms with Crippen LogP contribution in [-0.2, 0) is 21.6 Å². The molecule has 214 valence electrons. The van der Waals surface area contributed by atoms with Crippen LogP contribution in [0, 0.1) is 6.92 Å². The Morgan fingerprint density at radius 3 is 2.60 bits per heavy atom. The fraction of sp³-hybridized carbons (Fsp3) is 0.429. The SMILES string of the molecule is COc1ccccc1[C@@H](Cn1c(=O)n(C(C)(C)C(=O)NCCO)c(=O)c2c(C)c(-c3ncco3)sc21)OC(C)C. The summed E-state index contributed by atoms with van der Waals surface area (Å²) in [4.78, 5) is 46.6. The minimum absolute atomic E-state index is 0.0165. The Kier molecular flexibility index (Phi) is 8.62. The van der Waals surface area contributed by atoms with E-state index in [1.165, 1.54) is 42.2 Å². The van der Waals surface area contributed by atoms with Crippen molar-refractivity contribution in [3.8, 4) is 16.5 Å². The summed E-state index contributed by atoms with van der Waals surface area (Å²) >= 11 is 1.22. The molecule has 0 fully saturated rings. The first kappa shape index (κ1) is 29.2. The average molecular weight is 571 g/mol. The average Bonchev–Trinajstić information content (AvgIpc) is 3.56. The number of nitrogens with zero attached hydrogens (tertiary/aromatic N) is 3. The molecule has 1 aromatic carbocycles. The second-order valence-electron chi connectivity index (χ2n) is 10.1. The lowest BCUT2D eigenvalue weighted by atomic mass is 10.0. The van der Waals surface area contributed by atoms with Gasteiger partial charge in [0.25, 0.3) is 5.56 Å². The van der Waals surface area contributed by atoms with Gasteiger partial charge in [-0.05, 0) is 46.2 Å². The molecule has 0 saturated heterocycles. The van der Waals surface area contributed by atoms with Gasteiger partial charge in [0.15, 0.2) is 0 Å². The number of fused-ring (bicyclic) bond motifs is 1. The van der Waals surface area contributed by atoms with Gasteiger partial charge < -0.3 is 24.3 Å². The molecule has 0 aliphatic carbocycles. The number of benzene rings is 1. The first-order chi connectivity index (χ1) is 19.0. The van der Waals surface area contributed by atoms with Crippen LogP contribution >= 0.6 is 11.3 Å². The number of thiophene rings is 1. The number of para-hydroxylation sites is 1. The second-order valence-corrected chi connectivity index (χ2v) is 11.1. The van der Waals surface area contributed by atoms with E-state index in [2.05, 4.69) is 10.3 Å². The maximum atomic E-state index is 14.2. The standard InChI is InChI=1S/C28H34N4O7S/c1-16(2)39-20(18-9-7-8-10-19(18)37-6)15-31-25-21(17(3)22(40-25)23-29-12-14-38-23)24(34)32(27(31)36)28(4,5)26(35)30-11-13-33/h7-10,12,14,16,20,33H,11,13,15H2,1-6H3,(H,30,35)/t20-/m1/s1. The summed E-state index contributed by atoms with van der Waals surface area (Å²) in [6, 6.07) is 7.39. The number of amides is 1. The summed E-state index contributed by atoms with van der Waals surface area (Å²) in [5.74, 6) is 0.341. The predicted octanol–water partition coefficient (Wildman–Crippen LogP) is 3.21. The third-order valence-electron chi connectivity index (χ3n) is 6.62. The number of methoxy groups -OCH3 is 1. The first-order valence-electron chi connectivity index (χ1n) is 12.9. The molecule has 3 heterocycles. The fourth-order valence-corrected chi connectivity index (χ4v) is 5.91. The largest absolute Gasteiger partial charge is 0.496 e. The molecule has 0 aliphatic heterocycles. The summed E-state index contributed by atoms with van der Waals surface area (Å²) in [6.45, 7) is 8.29. The van der Waals surface area contributed by atoms with Gasteiger partial charge in [0.05, 0.1) is 42.8 Å². The van der Waals surface area contributed by atoms with E-state index in [0.29, 0.717) is 26.9 Å². The van der Waals surface area contributed by atoms with Crippen LogP contribution < -0.4 is 21.3 Å². The molecule has 0 unspecified atom stereocenters. The minimum atomic E-state index is -1.57. The van der Waals surface area contributed by atoms with Gasteiger partial charge in [-0.1, -0.05) is 18.2 Å². The molecule has 1 atom stereocenters. The molecule has 0 spiro atoms. The van der Waals surface area contributed by atoms with Crippen molar-refractivity contribution < 1.29 is 23.8 Å². The zero-order valence-electron chi connectivity index (χ0n) is 23.4. The first-order valence-corrected chi connectivity index (χ1v) is 13.7. The Hall–Kier alpha value is -3.74. The number of nitrogens with one attached hydrogen (secondary N) is 1. The van der Waals surface area contributed by atoms with Crippen molar-refractivity contribution in [2.45, 2.75) is 58.9 Å². The van der Waals surface area contributed by atoms with Gasteiger partial charge in [0.2, 0.25) is 11.8 Å². The van der Waals surface area contributed by atoms with Crippen LogP contribution in [0.25, 0.3) is 21.0 Å². The molecule has 40 heavy (non-hydrogen) atoms. The normalized spacial score (nSPS) is 12.7. The number of carbonyl (C=O) groups excluding carboxylic acids is 1. The van der Waals surface area contributed by atoms with E-state index in [1.54, 1.807) is 14.0 Å². The monoisotopic (exact) mass is 570 g/mol. The molecular formula is C28H34N4O7S. The lowest BCUT2D eigenvalue weighted by molar-refractivity contribution is -0.128. The summed E-state index contributed by atoms with van der Waals surface area (Å²) in [7, 11) is 1.56. The van der Waals surface area contributed by atoms with E-state index in [1.807, 2.05) is 38.1 Å². The number of hydrogen-bond acceptors (Lipinski definition) is 9. The quantitative estimate of drug-likeness (QED) is 0.280. The highest BCUT2D eigenvalue weighted by atomic mass is 32.1. The Balaban J connectivity index is 2.02. The van der Waals surface area contributed by atoms with Crippen LogP contribution in [0.2, 0.25) is 0 Å². The Morgan fingerprint density at radius 2 is 1.98 bits per heavy atom. The number of rotatable bonds is 11. The number of carbonyl (C=O) groups is 1. The maximum Gasteiger partial charge on any atom is 0.333 e. The van der Waals surface area contributed by atoms with Gasteiger partial charge >= 0.3 is 5.69 Å². The lowest BCUT2D eigenvalue weighted by Gasteiger charge is -2.28. The molecule has 4 aromatic rings. The van der Waals surface area contributed by atoms with Gasteiger partial charge in [0, 0.05) is 12.1 Å². The summed E-state index contributed by atoms with van der Waals surface area (Å²) < 4.78 is 19.8. The van der Waals surface area contributed by atoms with Gasteiger partial charge in [-0.3, -0.25) is 14.2 Å². The number of aliphatic hydroxyl groups is 1. The van der Waals surface area contributed by atoms with Crippen molar-refractivity contribution in [2.75, 3.05) is 20.3 Å². The number of aryl methyl sites for hydroxylation is 1. The molecule has 0 bridgehead atoms. The van der Waals surface area contributed by atoms with Crippen LogP contribution in [0.15, 0.2) is 50.7 Å². The number of ether oxygens (including phenoxy) is 2. The highest BCUT2D eigenvalue weighted by Gasteiger charge is 2.36. The number of aromatic nitrogens is 3. The Labute approximate surface area is 235 Å². The molecule has 2 N–H and O–H groups in total. The molecule has 0 aliphatic rings. The number of oxazole rings is 1. The molecule has 4 rings (SSSR count). The third-order valence-corrected chi connectivity index (χ3v) is 7.92. The van der Waals surface area contributed by atoms with Crippen LogP contribution in [0.3, 0.4) is 0 Å². The summed E-state index contributed by atoms with van der Waals surface area (Å²) in [6.07, 6.45) is 2.13. The lowest BCUT2D eigenvalue weighted by Crippen LogP contribution is -2.56. The van der Waals surface area contributed by atoms with Crippen molar-refractivity contribution in [1.29, 1.82) is 0 Å². The van der Waals surface area contributed by atoms with E-state index >= 15 is 0 Å². The van der Waals surface area contributed by atoms with E-state index in [0.717, 1.165) is 10.1 Å². The topological polar surface area (TPSA) is 138 Å². The van der Waals surface area contributed by atoms with Crippen LogP contribution in [-0.4, -0.2) is 51.5 Å². The van der Waals surface area contributed by atoms with Gasteiger partial charge in [-0.25, -0.2) is 14.3 Å².